The molecule has 0 unspecified atom stereocenters. The minimum absolute atomic E-state index is 0.173. The summed E-state index contributed by atoms with van der Waals surface area (Å²) in [5.41, 5.74) is 1.05. The lowest BCUT2D eigenvalue weighted by molar-refractivity contribution is -0.141. The van der Waals surface area contributed by atoms with Gasteiger partial charge < -0.3 is 10.4 Å². The second kappa shape index (κ2) is 7.54. The number of carboxylic acid groups (broad SMARTS) is 1. The second-order valence-electron chi connectivity index (χ2n) is 5.33. The molecule has 2 aromatic rings. The molecule has 5 heteroatoms. The van der Waals surface area contributed by atoms with E-state index in [2.05, 4.69) is 5.32 Å². The first-order valence-corrected chi connectivity index (χ1v) is 7.30. The molecule has 0 radical (unpaired) electrons. The first-order chi connectivity index (χ1) is 11.0. The molecule has 2 atom stereocenters. The molecule has 120 valence electrons. The van der Waals surface area contributed by atoms with Crippen molar-refractivity contribution >= 4 is 11.9 Å². The largest absolute Gasteiger partial charge is 0.480 e. The lowest BCUT2D eigenvalue weighted by Gasteiger charge is -2.18. The number of rotatable bonds is 6. The number of hydrogen-bond acceptors (Lipinski definition) is 2. The van der Waals surface area contributed by atoms with Crippen molar-refractivity contribution in [2.24, 2.45) is 0 Å². The molecule has 2 rings (SSSR count). The summed E-state index contributed by atoms with van der Waals surface area (Å²) in [5.74, 6) is -2.89. The average Bonchev–Trinajstić information content (AvgIpc) is 2.55. The van der Waals surface area contributed by atoms with Gasteiger partial charge in [0.2, 0.25) is 5.91 Å². The fourth-order valence-corrected chi connectivity index (χ4v) is 2.31. The van der Waals surface area contributed by atoms with Gasteiger partial charge in [-0.05, 0) is 24.1 Å². The number of aliphatic carboxylic acids is 1. The van der Waals surface area contributed by atoms with Crippen LogP contribution in [0.1, 0.15) is 24.0 Å². The van der Waals surface area contributed by atoms with Crippen LogP contribution in [-0.2, 0) is 16.0 Å². The third kappa shape index (κ3) is 4.39. The zero-order valence-electron chi connectivity index (χ0n) is 12.7. The third-order valence-corrected chi connectivity index (χ3v) is 3.66. The summed E-state index contributed by atoms with van der Waals surface area (Å²) >= 11 is 0. The molecule has 1 amide bonds. The summed E-state index contributed by atoms with van der Waals surface area (Å²) in [5, 5.41) is 11.8. The fourth-order valence-electron chi connectivity index (χ4n) is 2.31. The molecule has 0 aliphatic heterocycles. The normalized spacial score (nSPS) is 13.1. The van der Waals surface area contributed by atoms with Gasteiger partial charge in [-0.3, -0.25) is 4.79 Å². The van der Waals surface area contributed by atoms with E-state index in [9.17, 15) is 19.1 Å². The highest BCUT2D eigenvalue weighted by molar-refractivity contribution is 5.88. The molecule has 2 N–H and O–H groups in total. The Bertz CT molecular complexity index is 688. The Hall–Kier alpha value is -2.69. The van der Waals surface area contributed by atoms with Crippen LogP contribution in [0.2, 0.25) is 0 Å². The van der Waals surface area contributed by atoms with E-state index in [1.54, 1.807) is 43.3 Å². The number of benzene rings is 2. The number of halogens is 1. The molecule has 0 saturated carbocycles. The SMILES string of the molecule is C[C@H](C(=O)N[C@@H](Cc1ccccc1)C(=O)O)c1ccccc1F. The molecule has 0 bridgehead atoms. The second-order valence-corrected chi connectivity index (χ2v) is 5.33. The van der Waals surface area contributed by atoms with E-state index in [1.165, 1.54) is 12.1 Å². The van der Waals surface area contributed by atoms with Gasteiger partial charge in [0.05, 0.1) is 5.92 Å². The summed E-state index contributed by atoms with van der Waals surface area (Å²) < 4.78 is 13.7. The van der Waals surface area contributed by atoms with Gasteiger partial charge in [0.15, 0.2) is 0 Å². The van der Waals surface area contributed by atoms with Gasteiger partial charge in [-0.2, -0.15) is 0 Å². The molecule has 0 fully saturated rings. The van der Waals surface area contributed by atoms with Crippen LogP contribution in [-0.4, -0.2) is 23.0 Å². The maximum absolute atomic E-state index is 13.7. The standard InChI is InChI=1S/C18H18FNO3/c1-12(14-9-5-6-10-15(14)19)17(21)20-16(18(22)23)11-13-7-3-2-4-8-13/h2-10,12,16H,11H2,1H3,(H,20,21)(H,22,23)/t12-,16-/m0/s1. The van der Waals surface area contributed by atoms with Crippen molar-refractivity contribution in [2.45, 2.75) is 25.3 Å². The van der Waals surface area contributed by atoms with E-state index in [0.717, 1.165) is 5.56 Å². The summed E-state index contributed by atoms with van der Waals surface area (Å²) in [4.78, 5) is 23.6. The van der Waals surface area contributed by atoms with Gasteiger partial charge in [0.25, 0.3) is 0 Å². The summed E-state index contributed by atoms with van der Waals surface area (Å²) in [6.45, 7) is 1.55. The van der Waals surface area contributed by atoms with Crippen LogP contribution < -0.4 is 5.32 Å². The topological polar surface area (TPSA) is 66.4 Å². The van der Waals surface area contributed by atoms with Gasteiger partial charge in [0, 0.05) is 6.42 Å². The fraction of sp³-hybridized carbons (Fsp3) is 0.222. The van der Waals surface area contributed by atoms with Crippen molar-refractivity contribution in [1.29, 1.82) is 0 Å². The zero-order valence-corrected chi connectivity index (χ0v) is 12.7. The summed E-state index contributed by atoms with van der Waals surface area (Å²) in [6.07, 6.45) is 0.173. The van der Waals surface area contributed by atoms with Gasteiger partial charge in [0.1, 0.15) is 11.9 Å². The summed E-state index contributed by atoms with van der Waals surface area (Å²) in [6, 6.07) is 13.9. The maximum atomic E-state index is 13.7. The van der Waals surface area contributed by atoms with Gasteiger partial charge in [-0.1, -0.05) is 48.5 Å². The monoisotopic (exact) mass is 315 g/mol. The van der Waals surface area contributed by atoms with Crippen LogP contribution in [0.15, 0.2) is 54.6 Å². The Morgan fingerprint density at radius 2 is 1.70 bits per heavy atom. The maximum Gasteiger partial charge on any atom is 0.326 e. The van der Waals surface area contributed by atoms with Crippen molar-refractivity contribution in [3.63, 3.8) is 0 Å². The Morgan fingerprint density at radius 3 is 2.30 bits per heavy atom. The molecule has 2 aromatic carbocycles. The van der Waals surface area contributed by atoms with Crippen molar-refractivity contribution < 1.29 is 19.1 Å². The number of nitrogens with one attached hydrogen (secondary N) is 1. The number of carbonyl (C=O) groups is 2. The number of amides is 1. The predicted molar refractivity (Wildman–Crippen MR) is 84.5 cm³/mol. The highest BCUT2D eigenvalue weighted by Crippen LogP contribution is 2.19. The first-order valence-electron chi connectivity index (χ1n) is 7.30. The van der Waals surface area contributed by atoms with E-state index in [1.807, 2.05) is 6.07 Å². The number of carbonyl (C=O) groups excluding carboxylic acids is 1. The van der Waals surface area contributed by atoms with Crippen LogP contribution in [0.3, 0.4) is 0 Å². The molecule has 0 saturated heterocycles. The van der Waals surface area contributed by atoms with E-state index in [4.69, 9.17) is 0 Å². The zero-order chi connectivity index (χ0) is 16.8. The van der Waals surface area contributed by atoms with E-state index < -0.39 is 29.7 Å². The molecular weight excluding hydrogens is 297 g/mol. The first kappa shape index (κ1) is 16.7. The van der Waals surface area contributed by atoms with Crippen LogP contribution in [0, 0.1) is 5.82 Å². The van der Waals surface area contributed by atoms with Crippen LogP contribution >= 0.6 is 0 Å². The van der Waals surface area contributed by atoms with Gasteiger partial charge in [-0.15, -0.1) is 0 Å². The van der Waals surface area contributed by atoms with Crippen LogP contribution in [0.5, 0.6) is 0 Å². The van der Waals surface area contributed by atoms with E-state index in [0.29, 0.717) is 0 Å². The molecule has 23 heavy (non-hydrogen) atoms. The molecule has 0 aliphatic rings. The van der Waals surface area contributed by atoms with E-state index in [-0.39, 0.29) is 12.0 Å². The smallest absolute Gasteiger partial charge is 0.326 e. The molecule has 0 heterocycles. The lowest BCUT2D eigenvalue weighted by Crippen LogP contribution is -2.44. The Kier molecular flexibility index (Phi) is 5.46. The minimum atomic E-state index is -1.12. The molecule has 0 aromatic heterocycles. The Labute approximate surface area is 134 Å². The minimum Gasteiger partial charge on any atom is -0.480 e. The van der Waals surface area contributed by atoms with Crippen molar-refractivity contribution in [3.8, 4) is 0 Å². The predicted octanol–water partition coefficient (Wildman–Crippen LogP) is 2.74. The van der Waals surface area contributed by atoms with Crippen molar-refractivity contribution in [2.75, 3.05) is 0 Å². The quantitative estimate of drug-likeness (QED) is 0.861. The molecule has 0 spiro atoms. The lowest BCUT2D eigenvalue weighted by atomic mass is 9.98. The van der Waals surface area contributed by atoms with Crippen LogP contribution in [0.25, 0.3) is 0 Å². The third-order valence-electron chi connectivity index (χ3n) is 3.66. The van der Waals surface area contributed by atoms with E-state index >= 15 is 0 Å². The van der Waals surface area contributed by atoms with Crippen LogP contribution in [0.4, 0.5) is 4.39 Å². The van der Waals surface area contributed by atoms with Crippen molar-refractivity contribution in [3.05, 3.63) is 71.5 Å². The molecule has 0 aliphatic carbocycles. The van der Waals surface area contributed by atoms with Gasteiger partial charge >= 0.3 is 5.97 Å². The highest BCUT2D eigenvalue weighted by atomic mass is 19.1. The summed E-state index contributed by atoms with van der Waals surface area (Å²) in [7, 11) is 0. The molecular formula is C18H18FNO3. The van der Waals surface area contributed by atoms with Gasteiger partial charge in [-0.25, -0.2) is 9.18 Å². The number of hydrogen-bond donors (Lipinski definition) is 2. The number of carboxylic acids is 1. The Balaban J connectivity index is 2.09. The molecule has 4 nitrogen and oxygen atoms in total. The average molecular weight is 315 g/mol. The van der Waals surface area contributed by atoms with Crippen molar-refractivity contribution in [1.82, 2.24) is 5.32 Å². The Morgan fingerprint density at radius 1 is 1.09 bits per heavy atom. The highest BCUT2D eigenvalue weighted by Gasteiger charge is 2.25.